The molecule has 11 heteroatoms. The average Bonchev–Trinajstić information content (AvgIpc) is 3.29. The molecule has 2 unspecified atom stereocenters. The first-order chi connectivity index (χ1) is 16.7. The van der Waals surface area contributed by atoms with Crippen LogP contribution in [0.3, 0.4) is 0 Å². The Kier molecular flexibility index (Phi) is 6.85. The summed E-state index contributed by atoms with van der Waals surface area (Å²) in [6.45, 7) is 1.50. The van der Waals surface area contributed by atoms with E-state index in [1.54, 1.807) is 36.0 Å². The van der Waals surface area contributed by atoms with E-state index >= 15 is 0 Å². The quantitative estimate of drug-likeness (QED) is 0.481. The van der Waals surface area contributed by atoms with Crippen LogP contribution in [0.25, 0.3) is 0 Å². The maximum Gasteiger partial charge on any atom is 0.416 e. The van der Waals surface area contributed by atoms with Gasteiger partial charge in [0.1, 0.15) is 5.82 Å². The largest absolute Gasteiger partial charge is 0.416 e. The van der Waals surface area contributed by atoms with Crippen molar-refractivity contribution in [2.45, 2.75) is 55.9 Å². The molecule has 36 heavy (non-hydrogen) atoms. The van der Waals surface area contributed by atoms with Crippen molar-refractivity contribution in [2.75, 3.05) is 20.6 Å². The monoisotopic (exact) mass is 518 g/mol. The van der Waals surface area contributed by atoms with E-state index in [-0.39, 0.29) is 36.2 Å². The van der Waals surface area contributed by atoms with Gasteiger partial charge < -0.3 is 9.64 Å². The third-order valence-electron chi connectivity index (χ3n) is 6.96. The summed E-state index contributed by atoms with van der Waals surface area (Å²) in [5, 5.41) is 0. The number of ether oxygens (including phenoxy) is 1. The van der Waals surface area contributed by atoms with E-state index in [0.29, 0.717) is 24.1 Å². The molecule has 0 saturated carbocycles. The smallest absolute Gasteiger partial charge is 0.368 e. The highest BCUT2D eigenvalue weighted by atomic mass is 19.4. The third kappa shape index (κ3) is 5.08. The van der Waals surface area contributed by atoms with Crippen molar-refractivity contribution in [2.24, 2.45) is 0 Å². The Morgan fingerprint density at radius 2 is 1.53 bits per heavy atom. The molecular weight excluding hydrogens is 493 g/mol. The van der Waals surface area contributed by atoms with Gasteiger partial charge in [-0.2, -0.15) is 26.3 Å². The van der Waals surface area contributed by atoms with E-state index in [2.05, 4.69) is 0 Å². The zero-order valence-electron chi connectivity index (χ0n) is 19.7. The highest BCUT2D eigenvalue weighted by Gasteiger charge is 2.53. The van der Waals surface area contributed by atoms with Gasteiger partial charge in [0.25, 0.3) is 0 Å². The number of likely N-dealkylation sites (N-methyl/N-ethyl adjacent to an activating group) is 1. The van der Waals surface area contributed by atoms with Crippen LogP contribution in [0.15, 0.2) is 42.5 Å². The number of halogens is 7. The van der Waals surface area contributed by atoms with Gasteiger partial charge in [-0.3, -0.25) is 9.69 Å². The molecule has 2 fully saturated rings. The predicted molar refractivity (Wildman–Crippen MR) is 116 cm³/mol. The number of hydrogen-bond acceptors (Lipinski definition) is 3. The normalized spacial score (nSPS) is 25.5. The molecule has 0 aromatic heterocycles. The average molecular weight is 518 g/mol. The van der Waals surface area contributed by atoms with E-state index < -0.39 is 47.4 Å². The lowest BCUT2D eigenvalue weighted by atomic mass is 9.87. The minimum absolute atomic E-state index is 0.0727. The Bertz CT molecular complexity index is 1080. The molecule has 2 aliphatic rings. The Balaban J connectivity index is 1.67. The van der Waals surface area contributed by atoms with Crippen LogP contribution in [0.2, 0.25) is 0 Å². The molecule has 0 aliphatic carbocycles. The molecule has 0 radical (unpaired) electrons. The van der Waals surface area contributed by atoms with Crippen LogP contribution < -0.4 is 0 Å². The number of carbonyl (C=O) groups is 1. The second-order valence-corrected chi connectivity index (χ2v) is 9.51. The Morgan fingerprint density at radius 1 is 0.972 bits per heavy atom. The maximum atomic E-state index is 13.6. The molecular formula is C25H25F7N2O2. The Morgan fingerprint density at radius 3 is 2.03 bits per heavy atom. The van der Waals surface area contributed by atoms with Crippen molar-refractivity contribution in [3.05, 3.63) is 70.5 Å². The molecule has 1 amide bonds. The number of fused-ring (bicyclic) bond motifs is 1. The second kappa shape index (κ2) is 9.33. The molecule has 196 valence electrons. The molecule has 2 heterocycles. The van der Waals surface area contributed by atoms with Gasteiger partial charge in [0, 0.05) is 18.5 Å². The number of hydrogen-bond donors (Lipinski definition) is 0. The van der Waals surface area contributed by atoms with Crippen LogP contribution in [-0.4, -0.2) is 54.5 Å². The van der Waals surface area contributed by atoms with E-state index in [9.17, 15) is 35.5 Å². The van der Waals surface area contributed by atoms with Gasteiger partial charge >= 0.3 is 12.4 Å². The molecule has 5 atom stereocenters. The molecule has 2 saturated heterocycles. The fraction of sp³-hybridized carbons (Fsp3) is 0.480. The summed E-state index contributed by atoms with van der Waals surface area (Å²) in [5.74, 6) is -1.03. The summed E-state index contributed by atoms with van der Waals surface area (Å²) in [5.41, 5.74) is -2.45. The van der Waals surface area contributed by atoms with Crippen molar-refractivity contribution in [1.29, 1.82) is 0 Å². The van der Waals surface area contributed by atoms with Gasteiger partial charge in [-0.25, -0.2) is 4.39 Å². The fourth-order valence-electron chi connectivity index (χ4n) is 5.17. The van der Waals surface area contributed by atoms with Gasteiger partial charge in [0.2, 0.25) is 5.91 Å². The van der Waals surface area contributed by atoms with Crippen molar-refractivity contribution in [3.63, 3.8) is 0 Å². The number of carbonyl (C=O) groups excluding carboxylic acids is 1. The van der Waals surface area contributed by atoms with Crippen LogP contribution in [-0.2, 0) is 21.9 Å². The first kappa shape index (κ1) is 26.4. The Hall–Kier alpha value is -2.66. The van der Waals surface area contributed by atoms with Gasteiger partial charge in [-0.1, -0.05) is 12.1 Å². The zero-order valence-corrected chi connectivity index (χ0v) is 19.7. The molecule has 0 N–H and O–H groups in total. The first-order valence-electron chi connectivity index (χ1n) is 11.3. The standard InChI is InChI=1S/C25H25F7N2O2/c1-13(15-8-16(24(27,28)29)10-17(9-15)25(30,31)32)36-21-12-34-19(11-20(23(34)35)33(2)3)22(21)14-4-6-18(26)7-5-14/h4-10,13,19-22H,11-12H2,1-3H3/t13-,19+,20?,21+,22?/m1/s1. The van der Waals surface area contributed by atoms with Crippen molar-refractivity contribution in [1.82, 2.24) is 9.80 Å². The second-order valence-electron chi connectivity index (χ2n) is 9.51. The summed E-state index contributed by atoms with van der Waals surface area (Å²) in [6, 6.07) is 6.35. The highest BCUT2D eigenvalue weighted by Crippen LogP contribution is 2.45. The number of alkyl halides is 6. The molecule has 4 rings (SSSR count). The van der Waals surface area contributed by atoms with Crippen molar-refractivity contribution < 1.29 is 40.3 Å². The first-order valence-corrected chi connectivity index (χ1v) is 11.3. The maximum absolute atomic E-state index is 13.6. The number of nitrogens with zero attached hydrogens (tertiary/aromatic N) is 2. The summed E-state index contributed by atoms with van der Waals surface area (Å²) in [6.07, 6.45) is -11.3. The minimum atomic E-state index is -4.98. The summed E-state index contributed by atoms with van der Waals surface area (Å²) in [4.78, 5) is 16.4. The van der Waals surface area contributed by atoms with E-state index in [4.69, 9.17) is 4.74 Å². The third-order valence-corrected chi connectivity index (χ3v) is 6.96. The highest BCUT2D eigenvalue weighted by molar-refractivity contribution is 5.85. The van der Waals surface area contributed by atoms with Crippen LogP contribution in [0, 0.1) is 5.82 Å². The molecule has 4 nitrogen and oxygen atoms in total. The topological polar surface area (TPSA) is 32.8 Å². The molecule has 2 aromatic carbocycles. The fourth-order valence-corrected chi connectivity index (χ4v) is 5.17. The van der Waals surface area contributed by atoms with Crippen LogP contribution in [0.4, 0.5) is 30.7 Å². The van der Waals surface area contributed by atoms with Crippen LogP contribution >= 0.6 is 0 Å². The lowest BCUT2D eigenvalue weighted by Crippen LogP contribution is -2.39. The van der Waals surface area contributed by atoms with Crippen LogP contribution in [0.5, 0.6) is 0 Å². The molecule has 2 aromatic rings. The lowest BCUT2D eigenvalue weighted by molar-refractivity contribution is -0.143. The zero-order chi connectivity index (χ0) is 26.6. The minimum Gasteiger partial charge on any atom is -0.368 e. The summed E-state index contributed by atoms with van der Waals surface area (Å²) >= 11 is 0. The molecule has 0 bridgehead atoms. The van der Waals surface area contributed by atoms with E-state index in [1.165, 1.54) is 19.1 Å². The predicted octanol–water partition coefficient (Wildman–Crippen LogP) is 5.64. The number of amides is 1. The summed E-state index contributed by atoms with van der Waals surface area (Å²) < 4.78 is 99.7. The van der Waals surface area contributed by atoms with E-state index in [1.807, 2.05) is 0 Å². The van der Waals surface area contributed by atoms with Crippen molar-refractivity contribution >= 4 is 5.91 Å². The van der Waals surface area contributed by atoms with Gasteiger partial charge in [0.05, 0.1) is 29.4 Å². The van der Waals surface area contributed by atoms with Crippen molar-refractivity contribution in [3.8, 4) is 0 Å². The number of rotatable bonds is 5. The van der Waals surface area contributed by atoms with Crippen LogP contribution in [0.1, 0.15) is 47.6 Å². The van der Waals surface area contributed by atoms with Gasteiger partial charge in [-0.15, -0.1) is 0 Å². The summed E-state index contributed by atoms with van der Waals surface area (Å²) in [7, 11) is 3.55. The molecule has 2 aliphatic heterocycles. The SMILES string of the molecule is C[C@@H](O[C@H]1CN2C(=O)C(N(C)C)C[C@H]2C1c1ccc(F)cc1)c1cc(C(F)(F)F)cc(C(F)(F)F)c1. The van der Waals surface area contributed by atoms with Gasteiger partial charge in [0.15, 0.2) is 0 Å². The lowest BCUT2D eigenvalue weighted by Gasteiger charge is -2.28. The Labute approximate surface area is 203 Å². The van der Waals surface area contributed by atoms with Gasteiger partial charge in [-0.05, 0) is 68.9 Å². The number of benzene rings is 2. The van der Waals surface area contributed by atoms with E-state index in [0.717, 1.165) is 0 Å². The molecule has 0 spiro atoms.